The summed E-state index contributed by atoms with van der Waals surface area (Å²) in [5, 5.41) is 6.04. The third-order valence-corrected chi connectivity index (χ3v) is 4.47. The van der Waals surface area contributed by atoms with Gasteiger partial charge >= 0.3 is 0 Å². The van der Waals surface area contributed by atoms with Crippen LogP contribution in [0, 0.1) is 0 Å². The minimum atomic E-state index is -3.20. The zero-order valence-corrected chi connectivity index (χ0v) is 14.0. The van der Waals surface area contributed by atoms with E-state index >= 15 is 0 Å². The van der Waals surface area contributed by atoms with Crippen LogP contribution in [0.25, 0.3) is 0 Å². The second-order valence-electron chi connectivity index (χ2n) is 5.69. The first-order valence-electron chi connectivity index (χ1n) is 6.94. The van der Waals surface area contributed by atoms with E-state index in [0.29, 0.717) is 6.54 Å². The summed E-state index contributed by atoms with van der Waals surface area (Å²) in [7, 11) is -3.20. The van der Waals surface area contributed by atoms with Gasteiger partial charge in [-0.3, -0.25) is 4.79 Å². The number of hydrogen-bond acceptors (Lipinski definition) is 4. The Balaban J connectivity index is 2.81. The van der Waals surface area contributed by atoms with E-state index in [1.807, 2.05) is 27.7 Å². The third kappa shape index (κ3) is 4.82. The van der Waals surface area contributed by atoms with E-state index < -0.39 is 15.4 Å². The van der Waals surface area contributed by atoms with Crippen molar-refractivity contribution in [3.8, 4) is 0 Å². The first-order chi connectivity index (χ1) is 9.58. The molecule has 0 radical (unpaired) electrons. The molecule has 5 nitrogen and oxygen atoms in total. The highest BCUT2D eigenvalue weighted by Gasteiger charge is 2.27. The average Bonchev–Trinajstić information content (AvgIpc) is 2.37. The summed E-state index contributed by atoms with van der Waals surface area (Å²) in [6, 6.07) is 6.37. The van der Waals surface area contributed by atoms with Gasteiger partial charge < -0.3 is 10.6 Å². The molecule has 1 aromatic carbocycles. The number of rotatable bonds is 6. The second kappa shape index (κ2) is 6.58. The third-order valence-electron chi connectivity index (χ3n) is 3.34. The number of hydrogen-bond donors (Lipinski definition) is 2. The van der Waals surface area contributed by atoms with Gasteiger partial charge in [0.25, 0.3) is 0 Å². The minimum Gasteiger partial charge on any atom is -0.348 e. The second-order valence-corrected chi connectivity index (χ2v) is 7.71. The molecule has 0 heterocycles. The van der Waals surface area contributed by atoms with E-state index in [2.05, 4.69) is 10.6 Å². The normalized spacial score (nSPS) is 13.8. The number of sulfone groups is 1. The molecule has 1 amide bonds. The van der Waals surface area contributed by atoms with E-state index in [9.17, 15) is 13.2 Å². The van der Waals surface area contributed by atoms with Crippen LogP contribution in [0.1, 0.15) is 39.3 Å². The first kappa shape index (κ1) is 17.7. The molecule has 1 aromatic rings. The molecule has 0 aromatic heterocycles. The summed E-state index contributed by atoms with van der Waals surface area (Å²) in [6.07, 6.45) is 1.17. The van der Waals surface area contributed by atoms with Gasteiger partial charge in [-0.05, 0) is 45.0 Å². The zero-order chi connectivity index (χ0) is 16.3. The Morgan fingerprint density at radius 3 is 2.19 bits per heavy atom. The Kier molecular flexibility index (Phi) is 5.53. The molecule has 2 N–H and O–H groups in total. The van der Waals surface area contributed by atoms with Gasteiger partial charge in [-0.1, -0.05) is 19.1 Å². The minimum absolute atomic E-state index is 0.0935. The van der Waals surface area contributed by atoms with Crippen molar-refractivity contribution in [2.24, 2.45) is 0 Å². The smallest absolute Gasteiger partial charge is 0.240 e. The van der Waals surface area contributed by atoms with Crippen LogP contribution in [0.4, 0.5) is 0 Å². The molecule has 118 valence electrons. The van der Waals surface area contributed by atoms with Crippen molar-refractivity contribution >= 4 is 15.7 Å². The topological polar surface area (TPSA) is 75.3 Å². The van der Waals surface area contributed by atoms with Gasteiger partial charge in [-0.25, -0.2) is 8.42 Å². The van der Waals surface area contributed by atoms with Crippen LogP contribution in [-0.2, 0) is 14.6 Å². The van der Waals surface area contributed by atoms with E-state index in [0.717, 1.165) is 5.56 Å². The van der Waals surface area contributed by atoms with E-state index in [4.69, 9.17) is 0 Å². The predicted molar refractivity (Wildman–Crippen MR) is 83.9 cm³/mol. The molecule has 1 rings (SSSR count). The summed E-state index contributed by atoms with van der Waals surface area (Å²) in [4.78, 5) is 12.5. The highest BCUT2D eigenvalue weighted by Crippen LogP contribution is 2.17. The van der Waals surface area contributed by atoms with Gasteiger partial charge in [-0.2, -0.15) is 0 Å². The molecule has 21 heavy (non-hydrogen) atoms. The molecular formula is C15H24N2O3S. The van der Waals surface area contributed by atoms with Crippen LogP contribution >= 0.6 is 0 Å². The lowest BCUT2D eigenvalue weighted by molar-refractivity contribution is -0.127. The maximum absolute atomic E-state index is 12.2. The van der Waals surface area contributed by atoms with Crippen LogP contribution in [0.2, 0.25) is 0 Å². The number of amides is 1. The molecule has 0 fully saturated rings. The van der Waals surface area contributed by atoms with Crippen molar-refractivity contribution < 1.29 is 13.2 Å². The summed E-state index contributed by atoms with van der Waals surface area (Å²) in [6.45, 7) is 8.17. The number of likely N-dealkylation sites (N-methyl/N-ethyl adjacent to an activating group) is 1. The molecule has 6 heteroatoms. The van der Waals surface area contributed by atoms with Crippen molar-refractivity contribution in [2.45, 2.75) is 44.2 Å². The van der Waals surface area contributed by atoms with Gasteiger partial charge in [-0.15, -0.1) is 0 Å². The molecular weight excluding hydrogens is 288 g/mol. The van der Waals surface area contributed by atoms with Crippen LogP contribution in [0.5, 0.6) is 0 Å². The van der Waals surface area contributed by atoms with Crippen molar-refractivity contribution in [2.75, 3.05) is 12.8 Å². The van der Waals surface area contributed by atoms with Crippen molar-refractivity contribution in [1.29, 1.82) is 0 Å². The number of carbonyl (C=O) groups is 1. The molecule has 0 spiro atoms. The quantitative estimate of drug-likeness (QED) is 0.837. The van der Waals surface area contributed by atoms with E-state index in [-0.39, 0.29) is 16.8 Å². The molecule has 1 atom stereocenters. The highest BCUT2D eigenvalue weighted by molar-refractivity contribution is 7.90. The van der Waals surface area contributed by atoms with Gasteiger partial charge in [0.05, 0.1) is 16.5 Å². The fourth-order valence-corrected chi connectivity index (χ4v) is 2.62. The predicted octanol–water partition coefficient (Wildman–Crippen LogP) is 1.66. The lowest BCUT2D eigenvalue weighted by atomic mass is 10.0. The lowest BCUT2D eigenvalue weighted by Gasteiger charge is -2.27. The van der Waals surface area contributed by atoms with E-state index in [1.165, 1.54) is 6.26 Å². The molecule has 1 unspecified atom stereocenters. The first-order valence-corrected chi connectivity index (χ1v) is 8.83. The van der Waals surface area contributed by atoms with Gasteiger partial charge in [0, 0.05) is 6.26 Å². The summed E-state index contributed by atoms with van der Waals surface area (Å²) < 4.78 is 22.8. The number of nitrogens with one attached hydrogen (secondary N) is 2. The van der Waals surface area contributed by atoms with Crippen molar-refractivity contribution in [1.82, 2.24) is 10.6 Å². The maximum Gasteiger partial charge on any atom is 0.240 e. The molecule has 0 aliphatic carbocycles. The van der Waals surface area contributed by atoms with Crippen molar-refractivity contribution in [3.63, 3.8) is 0 Å². The Morgan fingerprint density at radius 2 is 1.76 bits per heavy atom. The zero-order valence-electron chi connectivity index (χ0n) is 13.2. The number of benzene rings is 1. The molecule has 0 bridgehead atoms. The average molecular weight is 312 g/mol. The van der Waals surface area contributed by atoms with Crippen LogP contribution in [0.3, 0.4) is 0 Å². The summed E-state index contributed by atoms with van der Waals surface area (Å²) >= 11 is 0. The Morgan fingerprint density at radius 1 is 1.24 bits per heavy atom. The monoisotopic (exact) mass is 312 g/mol. The van der Waals surface area contributed by atoms with Gasteiger partial charge in [0.2, 0.25) is 5.91 Å². The summed E-state index contributed by atoms with van der Waals surface area (Å²) in [5.41, 5.74) is 0.221. The Hall–Kier alpha value is -1.40. The SMILES string of the molecule is CCNC(C)(C)C(=O)NC(C)c1ccc(S(C)(=O)=O)cc1. The molecule has 0 aliphatic heterocycles. The van der Waals surface area contributed by atoms with Crippen LogP contribution in [-0.4, -0.2) is 32.7 Å². The van der Waals surface area contributed by atoms with E-state index in [1.54, 1.807) is 24.3 Å². The van der Waals surface area contributed by atoms with Gasteiger partial charge in [0.15, 0.2) is 9.84 Å². The molecule has 0 aliphatic rings. The van der Waals surface area contributed by atoms with Crippen LogP contribution < -0.4 is 10.6 Å². The highest BCUT2D eigenvalue weighted by atomic mass is 32.2. The Bertz CT molecular complexity index is 592. The van der Waals surface area contributed by atoms with Gasteiger partial charge in [0.1, 0.15) is 0 Å². The maximum atomic E-state index is 12.2. The number of carbonyl (C=O) groups excluding carboxylic acids is 1. The Labute approximate surface area is 127 Å². The van der Waals surface area contributed by atoms with Crippen molar-refractivity contribution in [3.05, 3.63) is 29.8 Å². The molecule has 0 saturated carbocycles. The van der Waals surface area contributed by atoms with Crippen LogP contribution in [0.15, 0.2) is 29.2 Å². The standard InChI is InChI=1S/C15H24N2O3S/c1-6-16-15(3,4)14(18)17-11(2)12-7-9-13(10-8-12)21(5,19)20/h7-11,16H,6H2,1-5H3,(H,17,18). The fraction of sp³-hybridized carbons (Fsp3) is 0.533. The fourth-order valence-electron chi connectivity index (χ4n) is 1.99. The lowest BCUT2D eigenvalue weighted by Crippen LogP contribution is -2.52. The largest absolute Gasteiger partial charge is 0.348 e. The molecule has 0 saturated heterocycles. The summed E-state index contributed by atoms with van der Waals surface area (Å²) in [5.74, 6) is -0.0935.